The van der Waals surface area contributed by atoms with Gasteiger partial charge in [0.15, 0.2) is 0 Å². The number of benzene rings is 1. The Balaban J connectivity index is 1.96. The van der Waals surface area contributed by atoms with Crippen LogP contribution in [0.15, 0.2) is 48.7 Å². The van der Waals surface area contributed by atoms with Gasteiger partial charge in [-0.05, 0) is 44.1 Å². The fourth-order valence-corrected chi connectivity index (χ4v) is 3.45. The number of hydrogen-bond acceptors (Lipinski definition) is 3. The molecule has 1 unspecified atom stereocenters. The number of pyridine rings is 1. The Kier molecular flexibility index (Phi) is 4.74. The Labute approximate surface area is 133 Å². The minimum Gasteiger partial charge on any atom is -0.329 e. The molecule has 3 nitrogen and oxygen atoms in total. The van der Waals surface area contributed by atoms with Gasteiger partial charge in [0.05, 0.1) is 0 Å². The molecule has 22 heavy (non-hydrogen) atoms. The van der Waals surface area contributed by atoms with Crippen LogP contribution >= 0.6 is 0 Å². The predicted octanol–water partition coefficient (Wildman–Crippen LogP) is 4.40. The second-order valence-corrected chi connectivity index (χ2v) is 5.95. The molecular weight excluding hydrogens is 270 g/mol. The zero-order valence-corrected chi connectivity index (χ0v) is 13.6. The second kappa shape index (κ2) is 6.93. The van der Waals surface area contributed by atoms with Crippen LogP contribution < -0.4 is 4.90 Å². The lowest BCUT2D eigenvalue weighted by Gasteiger charge is -2.36. The zero-order valence-electron chi connectivity index (χ0n) is 13.6. The molecule has 3 rings (SSSR count). The van der Waals surface area contributed by atoms with E-state index in [1.165, 1.54) is 37.1 Å². The molecule has 1 saturated heterocycles. The molecule has 0 bridgehead atoms. The quantitative estimate of drug-likeness (QED) is 0.833. The summed E-state index contributed by atoms with van der Waals surface area (Å²) in [5, 5.41) is 0. The lowest BCUT2D eigenvalue weighted by atomic mass is 9.95. The largest absolute Gasteiger partial charge is 0.329 e. The Morgan fingerprint density at radius 1 is 1.14 bits per heavy atom. The summed E-state index contributed by atoms with van der Waals surface area (Å²) in [4.78, 5) is 9.49. The van der Waals surface area contributed by atoms with E-state index in [1.807, 2.05) is 6.20 Å². The maximum absolute atomic E-state index is 4.70. The first-order chi connectivity index (χ1) is 10.8. The first kappa shape index (κ1) is 15.0. The lowest BCUT2D eigenvalue weighted by molar-refractivity contribution is 0.157. The number of rotatable bonds is 4. The molecule has 0 spiro atoms. The summed E-state index contributed by atoms with van der Waals surface area (Å²) in [6, 6.07) is 15.3. The molecule has 1 fully saturated rings. The van der Waals surface area contributed by atoms with E-state index in [4.69, 9.17) is 4.98 Å². The molecule has 1 aliphatic heterocycles. The predicted molar refractivity (Wildman–Crippen MR) is 92.6 cm³/mol. The van der Waals surface area contributed by atoms with Crippen LogP contribution in [0.5, 0.6) is 0 Å². The van der Waals surface area contributed by atoms with Gasteiger partial charge in [0.25, 0.3) is 0 Å². The minimum absolute atomic E-state index is 0.494. The van der Waals surface area contributed by atoms with Gasteiger partial charge in [-0.15, -0.1) is 0 Å². The fourth-order valence-electron chi connectivity index (χ4n) is 3.45. The van der Waals surface area contributed by atoms with E-state index in [0.717, 1.165) is 12.4 Å². The third kappa shape index (κ3) is 3.00. The summed E-state index contributed by atoms with van der Waals surface area (Å²) in [7, 11) is 2.11. The molecule has 0 N–H and O–H groups in total. The van der Waals surface area contributed by atoms with Gasteiger partial charge < -0.3 is 4.90 Å². The molecule has 3 heteroatoms. The maximum atomic E-state index is 4.70. The van der Waals surface area contributed by atoms with E-state index in [2.05, 4.69) is 66.2 Å². The number of hydrogen-bond donors (Lipinski definition) is 0. The number of nitrogens with zero attached hydrogens (tertiary/aromatic N) is 3. The third-order valence-corrected chi connectivity index (χ3v) is 4.66. The van der Waals surface area contributed by atoms with E-state index in [0.29, 0.717) is 6.04 Å². The SMILES string of the molecule is CCN1CCCCC1c1cccnc1N(C)c1ccccc1. The van der Waals surface area contributed by atoms with Crippen molar-refractivity contribution in [3.63, 3.8) is 0 Å². The van der Waals surface area contributed by atoms with Gasteiger partial charge in [0, 0.05) is 30.5 Å². The van der Waals surface area contributed by atoms with Gasteiger partial charge in [-0.25, -0.2) is 4.98 Å². The van der Waals surface area contributed by atoms with Crippen molar-refractivity contribution < 1.29 is 0 Å². The summed E-state index contributed by atoms with van der Waals surface area (Å²) < 4.78 is 0. The van der Waals surface area contributed by atoms with Crippen LogP contribution in [0.25, 0.3) is 0 Å². The van der Waals surface area contributed by atoms with Crippen LogP contribution in [0.3, 0.4) is 0 Å². The molecule has 1 aromatic carbocycles. The smallest absolute Gasteiger partial charge is 0.137 e. The van der Waals surface area contributed by atoms with Gasteiger partial charge in [0.2, 0.25) is 0 Å². The third-order valence-electron chi connectivity index (χ3n) is 4.66. The molecule has 2 heterocycles. The van der Waals surface area contributed by atoms with Crippen molar-refractivity contribution in [1.29, 1.82) is 0 Å². The van der Waals surface area contributed by atoms with Crippen LogP contribution in [0, 0.1) is 0 Å². The Bertz CT molecular complexity index is 597. The Morgan fingerprint density at radius 2 is 1.95 bits per heavy atom. The average molecular weight is 295 g/mol. The van der Waals surface area contributed by atoms with Crippen LogP contribution in [0.4, 0.5) is 11.5 Å². The van der Waals surface area contributed by atoms with Crippen LogP contribution in [-0.4, -0.2) is 30.0 Å². The molecule has 116 valence electrons. The molecule has 1 atom stereocenters. The molecule has 0 aliphatic carbocycles. The number of aromatic nitrogens is 1. The van der Waals surface area contributed by atoms with Crippen molar-refractivity contribution in [2.75, 3.05) is 25.0 Å². The highest BCUT2D eigenvalue weighted by Crippen LogP contribution is 2.36. The van der Waals surface area contributed by atoms with E-state index < -0.39 is 0 Å². The highest BCUT2D eigenvalue weighted by molar-refractivity contribution is 5.62. The van der Waals surface area contributed by atoms with Crippen molar-refractivity contribution in [3.05, 3.63) is 54.2 Å². The van der Waals surface area contributed by atoms with E-state index in [9.17, 15) is 0 Å². The molecular formula is C19H25N3. The van der Waals surface area contributed by atoms with E-state index >= 15 is 0 Å². The van der Waals surface area contributed by atoms with Crippen molar-refractivity contribution in [2.45, 2.75) is 32.2 Å². The number of likely N-dealkylation sites (tertiary alicyclic amines) is 1. The van der Waals surface area contributed by atoms with E-state index in [1.54, 1.807) is 0 Å². The molecule has 0 saturated carbocycles. The van der Waals surface area contributed by atoms with Crippen molar-refractivity contribution in [2.24, 2.45) is 0 Å². The summed E-state index contributed by atoms with van der Waals surface area (Å²) in [5.74, 6) is 1.08. The highest BCUT2D eigenvalue weighted by Gasteiger charge is 2.26. The number of para-hydroxylation sites is 1. The van der Waals surface area contributed by atoms with Gasteiger partial charge >= 0.3 is 0 Å². The minimum atomic E-state index is 0.494. The van der Waals surface area contributed by atoms with Crippen LogP contribution in [-0.2, 0) is 0 Å². The molecule has 1 aromatic heterocycles. The highest BCUT2D eigenvalue weighted by atomic mass is 15.2. The first-order valence-corrected chi connectivity index (χ1v) is 8.29. The number of anilines is 2. The Morgan fingerprint density at radius 3 is 2.73 bits per heavy atom. The second-order valence-electron chi connectivity index (χ2n) is 5.95. The van der Waals surface area contributed by atoms with E-state index in [-0.39, 0.29) is 0 Å². The average Bonchev–Trinajstić information content (AvgIpc) is 2.62. The Hall–Kier alpha value is -1.87. The van der Waals surface area contributed by atoms with Crippen molar-refractivity contribution in [1.82, 2.24) is 9.88 Å². The molecule has 0 amide bonds. The van der Waals surface area contributed by atoms with Crippen LogP contribution in [0.1, 0.15) is 37.8 Å². The van der Waals surface area contributed by atoms with Gasteiger partial charge in [0.1, 0.15) is 5.82 Å². The molecule has 0 radical (unpaired) electrons. The maximum Gasteiger partial charge on any atom is 0.137 e. The summed E-state index contributed by atoms with van der Waals surface area (Å²) in [6.45, 7) is 4.56. The lowest BCUT2D eigenvalue weighted by Crippen LogP contribution is -2.34. The van der Waals surface area contributed by atoms with Crippen molar-refractivity contribution >= 4 is 11.5 Å². The summed E-state index contributed by atoms with van der Waals surface area (Å²) >= 11 is 0. The summed E-state index contributed by atoms with van der Waals surface area (Å²) in [6.07, 6.45) is 5.76. The van der Waals surface area contributed by atoms with Gasteiger partial charge in [-0.2, -0.15) is 0 Å². The number of piperidine rings is 1. The topological polar surface area (TPSA) is 19.4 Å². The molecule has 1 aliphatic rings. The standard InChI is InChI=1S/C19H25N3/c1-3-22-15-8-7-13-18(22)17-12-9-14-20-19(17)21(2)16-10-5-4-6-11-16/h4-6,9-12,14,18H,3,7-8,13,15H2,1-2H3. The first-order valence-electron chi connectivity index (χ1n) is 8.29. The van der Waals surface area contributed by atoms with Gasteiger partial charge in [-0.1, -0.05) is 37.6 Å². The zero-order chi connectivity index (χ0) is 15.4. The summed E-state index contributed by atoms with van der Waals surface area (Å²) in [5.41, 5.74) is 2.54. The fraction of sp³-hybridized carbons (Fsp3) is 0.421. The van der Waals surface area contributed by atoms with Gasteiger partial charge in [-0.3, -0.25) is 4.90 Å². The van der Waals surface area contributed by atoms with Crippen LogP contribution in [0.2, 0.25) is 0 Å². The normalized spacial score (nSPS) is 19.1. The van der Waals surface area contributed by atoms with Crippen molar-refractivity contribution in [3.8, 4) is 0 Å². The monoisotopic (exact) mass is 295 g/mol. The molecule has 2 aromatic rings.